The van der Waals surface area contributed by atoms with Gasteiger partial charge in [-0.2, -0.15) is 10.2 Å². The summed E-state index contributed by atoms with van der Waals surface area (Å²) in [4.78, 5) is 0. The van der Waals surface area contributed by atoms with Crippen molar-refractivity contribution in [3.8, 4) is 0 Å². The van der Waals surface area contributed by atoms with Gasteiger partial charge in [0.15, 0.2) is 0 Å². The lowest BCUT2D eigenvalue weighted by Crippen LogP contribution is -2.22. The highest BCUT2D eigenvalue weighted by Gasteiger charge is 2.13. The molecule has 0 unspecified atom stereocenters. The number of hydrogen-bond acceptors (Lipinski definition) is 3. The standard InChI is InChI=1S/C15H25N5/c1-6-14-13(11-19(5)18-14)9-16-7-12-8-17-20(10-12)15(2,3)4/h8,10-11,16H,6-7,9H2,1-5H3. The van der Waals surface area contributed by atoms with Gasteiger partial charge in [-0.15, -0.1) is 0 Å². The Hall–Kier alpha value is -1.62. The van der Waals surface area contributed by atoms with Crippen LogP contribution < -0.4 is 5.32 Å². The molecule has 20 heavy (non-hydrogen) atoms. The summed E-state index contributed by atoms with van der Waals surface area (Å²) >= 11 is 0. The fraction of sp³-hybridized carbons (Fsp3) is 0.600. The molecule has 0 atom stereocenters. The van der Waals surface area contributed by atoms with Crippen molar-refractivity contribution in [1.82, 2.24) is 24.9 Å². The minimum atomic E-state index is 0.0387. The molecule has 2 aromatic rings. The van der Waals surface area contributed by atoms with Crippen molar-refractivity contribution in [3.05, 3.63) is 35.4 Å². The van der Waals surface area contributed by atoms with Gasteiger partial charge in [0.05, 0.1) is 17.4 Å². The molecule has 0 aromatic carbocycles. The van der Waals surface area contributed by atoms with E-state index in [-0.39, 0.29) is 5.54 Å². The van der Waals surface area contributed by atoms with E-state index in [1.807, 2.05) is 22.6 Å². The van der Waals surface area contributed by atoms with E-state index in [0.29, 0.717) is 0 Å². The van der Waals surface area contributed by atoms with Crippen LogP contribution >= 0.6 is 0 Å². The second kappa shape index (κ2) is 5.79. The number of hydrogen-bond donors (Lipinski definition) is 1. The summed E-state index contributed by atoms with van der Waals surface area (Å²) in [5.41, 5.74) is 3.70. The van der Waals surface area contributed by atoms with Gasteiger partial charge in [0.2, 0.25) is 0 Å². The zero-order valence-electron chi connectivity index (χ0n) is 13.1. The van der Waals surface area contributed by atoms with Gasteiger partial charge in [0.25, 0.3) is 0 Å². The summed E-state index contributed by atoms with van der Waals surface area (Å²) in [5, 5.41) is 12.3. The van der Waals surface area contributed by atoms with Gasteiger partial charge < -0.3 is 5.32 Å². The molecule has 0 fully saturated rings. The normalized spacial score (nSPS) is 12.1. The molecule has 0 bridgehead atoms. The van der Waals surface area contributed by atoms with Crippen molar-refractivity contribution in [2.24, 2.45) is 7.05 Å². The molecule has 2 heterocycles. The third-order valence-electron chi connectivity index (χ3n) is 3.29. The summed E-state index contributed by atoms with van der Waals surface area (Å²) in [6, 6.07) is 0. The van der Waals surface area contributed by atoms with E-state index in [0.717, 1.165) is 19.5 Å². The molecule has 5 nitrogen and oxygen atoms in total. The highest BCUT2D eigenvalue weighted by molar-refractivity contribution is 5.17. The first-order chi connectivity index (χ1) is 9.40. The molecule has 0 spiro atoms. The number of aromatic nitrogens is 4. The van der Waals surface area contributed by atoms with Gasteiger partial charge in [-0.1, -0.05) is 6.92 Å². The fourth-order valence-electron chi connectivity index (χ4n) is 2.19. The Labute approximate surface area is 121 Å². The van der Waals surface area contributed by atoms with E-state index in [1.165, 1.54) is 16.8 Å². The third-order valence-corrected chi connectivity index (χ3v) is 3.29. The van der Waals surface area contributed by atoms with E-state index < -0.39 is 0 Å². The first-order valence-electron chi connectivity index (χ1n) is 7.16. The first-order valence-corrected chi connectivity index (χ1v) is 7.16. The Kier molecular flexibility index (Phi) is 4.28. The highest BCUT2D eigenvalue weighted by Crippen LogP contribution is 2.13. The summed E-state index contributed by atoms with van der Waals surface area (Å²) in [7, 11) is 1.97. The van der Waals surface area contributed by atoms with E-state index in [2.05, 4.69) is 55.6 Å². The Morgan fingerprint density at radius 1 is 1.20 bits per heavy atom. The molecule has 0 saturated carbocycles. The maximum absolute atomic E-state index is 4.45. The van der Waals surface area contributed by atoms with Crippen LogP contribution in [0.25, 0.3) is 0 Å². The van der Waals surface area contributed by atoms with Gasteiger partial charge in [-0.05, 0) is 27.2 Å². The summed E-state index contributed by atoms with van der Waals surface area (Å²) in [5.74, 6) is 0. The van der Waals surface area contributed by atoms with Gasteiger partial charge in [0, 0.05) is 43.7 Å². The maximum Gasteiger partial charge on any atom is 0.0666 e. The molecular formula is C15H25N5. The lowest BCUT2D eigenvalue weighted by atomic mass is 10.1. The van der Waals surface area contributed by atoms with E-state index in [4.69, 9.17) is 0 Å². The minimum Gasteiger partial charge on any atom is -0.308 e. The molecule has 0 amide bonds. The van der Waals surface area contributed by atoms with Crippen LogP contribution in [0.4, 0.5) is 0 Å². The Bertz CT molecular complexity index is 559. The second-order valence-electron chi connectivity index (χ2n) is 6.20. The number of aryl methyl sites for hydroxylation is 2. The zero-order valence-corrected chi connectivity index (χ0v) is 13.1. The number of nitrogens with one attached hydrogen (secondary N) is 1. The quantitative estimate of drug-likeness (QED) is 0.910. The van der Waals surface area contributed by atoms with Gasteiger partial charge in [0.1, 0.15) is 0 Å². The molecule has 0 aliphatic heterocycles. The molecule has 0 aliphatic carbocycles. The average Bonchev–Trinajstić information content (AvgIpc) is 2.95. The second-order valence-corrected chi connectivity index (χ2v) is 6.20. The van der Waals surface area contributed by atoms with Gasteiger partial charge in [-0.25, -0.2) is 0 Å². The largest absolute Gasteiger partial charge is 0.308 e. The van der Waals surface area contributed by atoms with Crippen LogP contribution in [0.1, 0.15) is 44.5 Å². The van der Waals surface area contributed by atoms with E-state index in [1.54, 1.807) is 0 Å². The van der Waals surface area contributed by atoms with Gasteiger partial charge >= 0.3 is 0 Å². The first kappa shape index (κ1) is 14.8. The Morgan fingerprint density at radius 2 is 1.95 bits per heavy atom. The molecule has 1 N–H and O–H groups in total. The maximum atomic E-state index is 4.45. The van der Waals surface area contributed by atoms with Crippen LogP contribution in [-0.2, 0) is 32.1 Å². The van der Waals surface area contributed by atoms with E-state index in [9.17, 15) is 0 Å². The van der Waals surface area contributed by atoms with Gasteiger partial charge in [-0.3, -0.25) is 9.36 Å². The fourth-order valence-corrected chi connectivity index (χ4v) is 2.19. The lowest BCUT2D eigenvalue weighted by molar-refractivity contribution is 0.355. The van der Waals surface area contributed by atoms with Crippen molar-refractivity contribution in [3.63, 3.8) is 0 Å². The average molecular weight is 275 g/mol. The predicted octanol–water partition coefficient (Wildman–Crippen LogP) is 2.22. The van der Waals surface area contributed by atoms with Crippen molar-refractivity contribution < 1.29 is 0 Å². The van der Waals surface area contributed by atoms with E-state index >= 15 is 0 Å². The molecule has 2 rings (SSSR count). The zero-order chi connectivity index (χ0) is 14.8. The van der Waals surface area contributed by atoms with Crippen LogP contribution in [0.15, 0.2) is 18.6 Å². The Morgan fingerprint density at radius 3 is 2.55 bits per heavy atom. The monoisotopic (exact) mass is 275 g/mol. The Balaban J connectivity index is 1.91. The summed E-state index contributed by atoms with van der Waals surface area (Å²) < 4.78 is 3.89. The van der Waals surface area contributed by atoms with Crippen molar-refractivity contribution in [1.29, 1.82) is 0 Å². The smallest absolute Gasteiger partial charge is 0.0666 e. The topological polar surface area (TPSA) is 47.7 Å². The number of nitrogens with zero attached hydrogens (tertiary/aromatic N) is 4. The number of rotatable bonds is 5. The molecule has 110 valence electrons. The molecule has 5 heteroatoms. The molecule has 2 aromatic heterocycles. The van der Waals surface area contributed by atoms with Crippen LogP contribution in [-0.4, -0.2) is 19.6 Å². The summed E-state index contributed by atoms with van der Waals surface area (Å²) in [6.45, 7) is 10.3. The van der Waals surface area contributed by atoms with Crippen LogP contribution in [0.2, 0.25) is 0 Å². The lowest BCUT2D eigenvalue weighted by Gasteiger charge is -2.18. The molecule has 0 radical (unpaired) electrons. The molecule has 0 saturated heterocycles. The van der Waals surface area contributed by atoms with Crippen molar-refractivity contribution >= 4 is 0 Å². The van der Waals surface area contributed by atoms with Crippen molar-refractivity contribution in [2.75, 3.05) is 0 Å². The van der Waals surface area contributed by atoms with Crippen molar-refractivity contribution in [2.45, 2.75) is 52.7 Å². The molecule has 0 aliphatic rings. The highest BCUT2D eigenvalue weighted by atomic mass is 15.3. The minimum absolute atomic E-state index is 0.0387. The molecular weight excluding hydrogens is 250 g/mol. The third kappa shape index (κ3) is 3.48. The summed E-state index contributed by atoms with van der Waals surface area (Å²) in [6.07, 6.45) is 7.10. The SMILES string of the molecule is CCc1nn(C)cc1CNCc1cnn(C(C)(C)C)c1. The van der Waals surface area contributed by atoms with Crippen LogP contribution in [0.3, 0.4) is 0 Å². The predicted molar refractivity (Wildman–Crippen MR) is 80.4 cm³/mol. The van der Waals surface area contributed by atoms with Crippen LogP contribution in [0.5, 0.6) is 0 Å². The van der Waals surface area contributed by atoms with Crippen LogP contribution in [0, 0.1) is 0 Å².